The number of hydrogen-bond donors (Lipinski definition) is 1. The van der Waals surface area contributed by atoms with Crippen LogP contribution >= 0.6 is 39.1 Å². The first kappa shape index (κ1) is 22.6. The monoisotopic (exact) mass is 511 g/mol. The summed E-state index contributed by atoms with van der Waals surface area (Å²) in [6, 6.07) is 8.71. The van der Waals surface area contributed by atoms with Gasteiger partial charge in [-0.15, -0.1) is 0 Å². The van der Waals surface area contributed by atoms with Gasteiger partial charge in [-0.25, -0.2) is 9.78 Å². The van der Waals surface area contributed by atoms with Crippen LogP contribution in [0.2, 0.25) is 10.0 Å². The first-order chi connectivity index (χ1) is 14.1. The lowest BCUT2D eigenvalue weighted by molar-refractivity contribution is 0.0689. The number of carboxylic acid groups (broad SMARTS) is 1. The molecule has 158 valence electrons. The number of nitrogens with zero attached hydrogens (tertiary/aromatic N) is 3. The highest BCUT2D eigenvalue weighted by molar-refractivity contribution is 9.10. The summed E-state index contributed by atoms with van der Waals surface area (Å²) in [6.45, 7) is 3.89. The Morgan fingerprint density at radius 3 is 2.40 bits per heavy atom. The van der Waals surface area contributed by atoms with Gasteiger partial charge in [-0.3, -0.25) is 4.79 Å². The van der Waals surface area contributed by atoms with Gasteiger partial charge in [0.1, 0.15) is 0 Å². The zero-order valence-corrected chi connectivity index (χ0v) is 19.7. The molecule has 1 N–H and O–H groups in total. The van der Waals surface area contributed by atoms with E-state index < -0.39 is 11.9 Å². The number of pyridine rings is 1. The van der Waals surface area contributed by atoms with E-state index in [1.54, 1.807) is 31.4 Å². The number of imidazole rings is 1. The number of hydrogen-bond acceptors (Lipinski definition) is 3. The van der Waals surface area contributed by atoms with Crippen molar-refractivity contribution in [3.8, 4) is 0 Å². The van der Waals surface area contributed by atoms with Gasteiger partial charge in [0, 0.05) is 35.8 Å². The molecular formula is C21H20BrCl2N3O3. The first-order valence-electron chi connectivity index (χ1n) is 9.21. The third-order valence-corrected chi connectivity index (χ3v) is 5.89. The van der Waals surface area contributed by atoms with Gasteiger partial charge in [0.25, 0.3) is 5.56 Å². The number of aryl methyl sites for hydroxylation is 1. The predicted octanol–water partition coefficient (Wildman–Crippen LogP) is 5.30. The fourth-order valence-electron chi connectivity index (χ4n) is 3.57. The van der Waals surface area contributed by atoms with Crippen LogP contribution in [0, 0.1) is 0 Å². The molecule has 3 rings (SSSR count). The minimum Gasteiger partial charge on any atom is -0.476 e. The molecule has 1 aromatic carbocycles. The number of rotatable bonds is 6. The predicted molar refractivity (Wildman–Crippen MR) is 121 cm³/mol. The highest BCUT2D eigenvalue weighted by Crippen LogP contribution is 2.35. The maximum absolute atomic E-state index is 12.8. The molecule has 2 heterocycles. The van der Waals surface area contributed by atoms with Crippen molar-refractivity contribution in [3.63, 3.8) is 0 Å². The molecule has 0 spiro atoms. The molecule has 1 unspecified atom stereocenters. The van der Waals surface area contributed by atoms with E-state index in [4.69, 9.17) is 23.2 Å². The molecule has 0 aliphatic rings. The molecule has 6 nitrogen and oxygen atoms in total. The van der Waals surface area contributed by atoms with Crippen molar-refractivity contribution in [3.05, 3.63) is 84.2 Å². The second kappa shape index (κ2) is 8.96. The Hall–Kier alpha value is -2.09. The molecule has 0 bridgehead atoms. The van der Waals surface area contributed by atoms with Crippen molar-refractivity contribution in [1.82, 2.24) is 14.1 Å². The Morgan fingerprint density at radius 2 is 1.83 bits per heavy atom. The molecule has 30 heavy (non-hydrogen) atoms. The minimum atomic E-state index is -1.14. The Balaban J connectivity index is 2.28. The third-order valence-electron chi connectivity index (χ3n) is 4.87. The standard InChI is InChI=1S/C21H20BrCl2N3O3/c1-11(2)27-18(17(20(29)30)25-21(27)22)16(12-4-6-14(23)7-5-12)9-13-8-15(24)10-26(3)19(13)28/h4-8,10-11,16H,9H2,1-3H3,(H,29,30). The maximum atomic E-state index is 12.8. The number of halogens is 3. The van der Waals surface area contributed by atoms with Gasteiger partial charge in [0.15, 0.2) is 10.4 Å². The van der Waals surface area contributed by atoms with E-state index in [9.17, 15) is 14.7 Å². The van der Waals surface area contributed by atoms with Crippen LogP contribution in [0.3, 0.4) is 0 Å². The molecule has 0 aliphatic heterocycles. The number of carboxylic acids is 1. The van der Waals surface area contributed by atoms with Crippen molar-refractivity contribution in [2.45, 2.75) is 32.2 Å². The second-order valence-corrected chi connectivity index (χ2v) is 8.87. The number of aromatic carboxylic acids is 1. The lowest BCUT2D eigenvalue weighted by Gasteiger charge is -2.23. The topological polar surface area (TPSA) is 77.1 Å². The minimum absolute atomic E-state index is 0.0608. The maximum Gasteiger partial charge on any atom is 0.356 e. The number of aromatic nitrogens is 3. The van der Waals surface area contributed by atoms with Crippen LogP contribution in [0.15, 0.2) is 46.1 Å². The van der Waals surface area contributed by atoms with Gasteiger partial charge in [-0.1, -0.05) is 35.3 Å². The first-order valence-corrected chi connectivity index (χ1v) is 10.8. The lowest BCUT2D eigenvalue weighted by atomic mass is 9.88. The van der Waals surface area contributed by atoms with Crippen LogP contribution < -0.4 is 5.56 Å². The molecule has 3 aromatic rings. The van der Waals surface area contributed by atoms with Crippen LogP contribution in [-0.2, 0) is 13.5 Å². The van der Waals surface area contributed by atoms with Gasteiger partial charge >= 0.3 is 5.97 Å². The van der Waals surface area contributed by atoms with Crippen molar-refractivity contribution >= 4 is 45.1 Å². The van der Waals surface area contributed by atoms with E-state index in [2.05, 4.69) is 20.9 Å². The summed E-state index contributed by atoms with van der Waals surface area (Å²) in [5.74, 6) is -1.59. The molecule has 0 amide bonds. The second-order valence-electron chi connectivity index (χ2n) is 7.29. The highest BCUT2D eigenvalue weighted by Gasteiger charge is 2.30. The fraction of sp³-hybridized carbons (Fsp3) is 0.286. The molecule has 2 aromatic heterocycles. The smallest absolute Gasteiger partial charge is 0.356 e. The summed E-state index contributed by atoms with van der Waals surface area (Å²) in [5.41, 5.74) is 1.56. The van der Waals surface area contributed by atoms with Crippen molar-refractivity contribution in [2.75, 3.05) is 0 Å². The molecule has 0 fully saturated rings. The van der Waals surface area contributed by atoms with Crippen molar-refractivity contribution in [2.24, 2.45) is 7.05 Å². The zero-order valence-electron chi connectivity index (χ0n) is 16.6. The van der Waals surface area contributed by atoms with Crippen LogP contribution in [0.25, 0.3) is 0 Å². The number of carbonyl (C=O) groups is 1. The average Bonchev–Trinajstić information content (AvgIpc) is 3.01. The molecular weight excluding hydrogens is 493 g/mol. The summed E-state index contributed by atoms with van der Waals surface area (Å²) in [6.07, 6.45) is 1.79. The molecule has 0 saturated carbocycles. The van der Waals surface area contributed by atoms with Gasteiger partial charge < -0.3 is 14.2 Å². The van der Waals surface area contributed by atoms with Crippen LogP contribution in [0.4, 0.5) is 0 Å². The summed E-state index contributed by atoms with van der Waals surface area (Å²) in [7, 11) is 1.63. The van der Waals surface area contributed by atoms with Gasteiger partial charge in [-0.05, 0) is 60.0 Å². The van der Waals surface area contributed by atoms with E-state index in [0.29, 0.717) is 26.0 Å². The fourth-order valence-corrected chi connectivity index (χ4v) is 4.75. The summed E-state index contributed by atoms with van der Waals surface area (Å²) in [5, 5.41) is 10.8. The summed E-state index contributed by atoms with van der Waals surface area (Å²) >= 11 is 15.6. The lowest BCUT2D eigenvalue weighted by Crippen LogP contribution is -2.24. The van der Waals surface area contributed by atoms with Crippen LogP contribution in [-0.4, -0.2) is 25.2 Å². The number of benzene rings is 1. The normalized spacial score (nSPS) is 12.4. The summed E-state index contributed by atoms with van der Waals surface area (Å²) in [4.78, 5) is 29.0. The molecule has 9 heteroatoms. The molecule has 1 atom stereocenters. The average molecular weight is 513 g/mol. The van der Waals surface area contributed by atoms with E-state index in [1.807, 2.05) is 30.5 Å². The Bertz CT molecular complexity index is 1150. The Labute approximate surface area is 192 Å². The van der Waals surface area contributed by atoms with Gasteiger partial charge in [0.2, 0.25) is 0 Å². The molecule has 0 radical (unpaired) electrons. The summed E-state index contributed by atoms with van der Waals surface area (Å²) < 4.78 is 3.67. The van der Waals surface area contributed by atoms with E-state index in [0.717, 1.165) is 5.56 Å². The molecule has 0 saturated heterocycles. The van der Waals surface area contributed by atoms with E-state index >= 15 is 0 Å². The van der Waals surface area contributed by atoms with Crippen LogP contribution in [0.5, 0.6) is 0 Å². The highest BCUT2D eigenvalue weighted by atomic mass is 79.9. The largest absolute Gasteiger partial charge is 0.476 e. The van der Waals surface area contributed by atoms with E-state index in [1.165, 1.54) is 4.57 Å². The van der Waals surface area contributed by atoms with Gasteiger partial charge in [0.05, 0.1) is 10.7 Å². The van der Waals surface area contributed by atoms with Gasteiger partial charge in [-0.2, -0.15) is 0 Å². The van der Waals surface area contributed by atoms with Crippen molar-refractivity contribution < 1.29 is 9.90 Å². The Kier molecular flexibility index (Phi) is 6.75. The Morgan fingerprint density at radius 1 is 1.20 bits per heavy atom. The molecule has 0 aliphatic carbocycles. The van der Waals surface area contributed by atoms with Crippen molar-refractivity contribution in [1.29, 1.82) is 0 Å². The zero-order chi connectivity index (χ0) is 22.2. The SMILES string of the molecule is CC(C)n1c(Br)nc(C(=O)O)c1C(Cc1cc(Cl)cn(C)c1=O)c1ccc(Cl)cc1. The van der Waals surface area contributed by atoms with Crippen LogP contribution in [0.1, 0.15) is 53.1 Å². The quantitative estimate of drug-likeness (QED) is 0.485. The third kappa shape index (κ3) is 4.48. The van der Waals surface area contributed by atoms with E-state index in [-0.39, 0.29) is 23.7 Å².